The highest BCUT2D eigenvalue weighted by Crippen LogP contribution is 2.22. The molecule has 0 unspecified atom stereocenters. The van der Waals surface area contributed by atoms with Gasteiger partial charge in [-0.3, -0.25) is 14.2 Å². The van der Waals surface area contributed by atoms with Crippen LogP contribution in [0, 0.1) is 19.8 Å². The summed E-state index contributed by atoms with van der Waals surface area (Å²) in [5.41, 5.74) is 0.632. The predicted molar refractivity (Wildman–Crippen MR) is 85.3 cm³/mol. The quantitative estimate of drug-likeness (QED) is 0.869. The molecule has 1 aliphatic rings. The Hall–Kier alpha value is -2.37. The van der Waals surface area contributed by atoms with Crippen LogP contribution in [-0.4, -0.2) is 33.4 Å². The van der Waals surface area contributed by atoms with Crippen molar-refractivity contribution in [2.45, 2.75) is 33.2 Å². The molecular weight excluding hydrogens is 294 g/mol. The molecule has 122 valence electrons. The smallest absolute Gasteiger partial charge is 0.257 e. The van der Waals surface area contributed by atoms with Crippen molar-refractivity contribution in [2.24, 2.45) is 5.92 Å². The zero-order valence-electron chi connectivity index (χ0n) is 13.5. The molecule has 0 bridgehead atoms. The van der Waals surface area contributed by atoms with Crippen LogP contribution in [0.2, 0.25) is 0 Å². The highest BCUT2D eigenvalue weighted by Gasteiger charge is 2.26. The first-order valence-corrected chi connectivity index (χ1v) is 7.91. The minimum Gasteiger partial charge on any atom is -0.466 e. The lowest BCUT2D eigenvalue weighted by Crippen LogP contribution is -2.40. The van der Waals surface area contributed by atoms with E-state index in [2.05, 4.69) is 4.98 Å². The Morgan fingerprint density at radius 3 is 2.70 bits per heavy atom. The van der Waals surface area contributed by atoms with Crippen LogP contribution in [-0.2, 0) is 6.54 Å². The van der Waals surface area contributed by atoms with Gasteiger partial charge in [0.25, 0.3) is 11.5 Å². The van der Waals surface area contributed by atoms with Crippen molar-refractivity contribution in [1.29, 1.82) is 0 Å². The monoisotopic (exact) mass is 315 g/mol. The van der Waals surface area contributed by atoms with E-state index in [4.69, 9.17) is 4.42 Å². The summed E-state index contributed by atoms with van der Waals surface area (Å²) in [5, 5.41) is 0. The molecule has 1 aliphatic heterocycles. The molecule has 0 atom stereocenters. The number of carbonyl (C=O) groups is 1. The number of aromatic nitrogens is 2. The number of carbonyl (C=O) groups excluding carboxylic acids is 1. The summed E-state index contributed by atoms with van der Waals surface area (Å²) in [5.74, 6) is 1.87. The van der Waals surface area contributed by atoms with Gasteiger partial charge in [0.2, 0.25) is 0 Å². The van der Waals surface area contributed by atoms with E-state index in [9.17, 15) is 9.59 Å². The van der Waals surface area contributed by atoms with Gasteiger partial charge in [-0.25, -0.2) is 4.98 Å². The minimum absolute atomic E-state index is 0.0250. The lowest BCUT2D eigenvalue weighted by Gasteiger charge is -2.32. The van der Waals surface area contributed by atoms with Gasteiger partial charge in [0, 0.05) is 31.9 Å². The maximum atomic E-state index is 12.6. The Morgan fingerprint density at radius 2 is 2.09 bits per heavy atom. The number of amides is 1. The molecule has 2 aromatic rings. The van der Waals surface area contributed by atoms with Gasteiger partial charge in [0.15, 0.2) is 0 Å². The number of nitrogens with zero attached hydrogens (tertiary/aromatic N) is 3. The fourth-order valence-electron chi connectivity index (χ4n) is 3.13. The summed E-state index contributed by atoms with van der Waals surface area (Å²) in [6, 6.07) is 3.28. The van der Waals surface area contributed by atoms with Crippen molar-refractivity contribution < 1.29 is 9.21 Å². The van der Waals surface area contributed by atoms with Crippen LogP contribution in [0.5, 0.6) is 0 Å². The predicted octanol–water partition coefficient (Wildman–Crippen LogP) is 2.01. The summed E-state index contributed by atoms with van der Waals surface area (Å²) < 4.78 is 7.09. The van der Waals surface area contributed by atoms with Crippen molar-refractivity contribution in [3.05, 3.63) is 52.1 Å². The topological polar surface area (TPSA) is 68.3 Å². The Morgan fingerprint density at radius 1 is 1.35 bits per heavy atom. The third kappa shape index (κ3) is 3.36. The van der Waals surface area contributed by atoms with Crippen molar-refractivity contribution in [3.8, 4) is 0 Å². The molecule has 0 saturated carbocycles. The molecule has 0 spiro atoms. The highest BCUT2D eigenvalue weighted by molar-refractivity contribution is 5.95. The molecular formula is C17H21N3O3. The Bertz CT molecular complexity index is 754. The lowest BCUT2D eigenvalue weighted by molar-refractivity contribution is 0.0680. The van der Waals surface area contributed by atoms with E-state index in [1.807, 2.05) is 18.7 Å². The van der Waals surface area contributed by atoms with Gasteiger partial charge < -0.3 is 9.32 Å². The summed E-state index contributed by atoms with van der Waals surface area (Å²) >= 11 is 0. The zero-order valence-corrected chi connectivity index (χ0v) is 13.5. The van der Waals surface area contributed by atoms with Crippen LogP contribution in [0.3, 0.4) is 0 Å². The van der Waals surface area contributed by atoms with E-state index in [0.717, 1.165) is 18.6 Å². The average molecular weight is 315 g/mol. The third-order valence-electron chi connectivity index (χ3n) is 4.42. The Balaban J connectivity index is 1.60. The molecule has 0 aromatic carbocycles. The van der Waals surface area contributed by atoms with Gasteiger partial charge in [-0.1, -0.05) is 0 Å². The van der Waals surface area contributed by atoms with Crippen LogP contribution in [0.25, 0.3) is 0 Å². The molecule has 23 heavy (non-hydrogen) atoms. The SMILES string of the molecule is Cc1cc(C(=O)N2CCC(Cn3cnccc3=O)CC2)c(C)o1. The molecule has 1 fully saturated rings. The van der Waals surface area contributed by atoms with E-state index in [1.54, 1.807) is 17.0 Å². The molecule has 0 N–H and O–H groups in total. The van der Waals surface area contributed by atoms with Crippen molar-refractivity contribution in [2.75, 3.05) is 13.1 Å². The molecule has 6 nitrogen and oxygen atoms in total. The molecule has 1 saturated heterocycles. The van der Waals surface area contributed by atoms with Gasteiger partial charge >= 0.3 is 0 Å². The van der Waals surface area contributed by atoms with Crippen LogP contribution in [0.15, 0.2) is 33.9 Å². The molecule has 2 aromatic heterocycles. The van der Waals surface area contributed by atoms with Crippen LogP contribution >= 0.6 is 0 Å². The maximum absolute atomic E-state index is 12.6. The fourth-order valence-corrected chi connectivity index (χ4v) is 3.13. The number of likely N-dealkylation sites (tertiary alicyclic amines) is 1. The van der Waals surface area contributed by atoms with Gasteiger partial charge in [-0.15, -0.1) is 0 Å². The van der Waals surface area contributed by atoms with E-state index in [0.29, 0.717) is 36.9 Å². The first-order valence-electron chi connectivity index (χ1n) is 7.91. The second-order valence-corrected chi connectivity index (χ2v) is 6.13. The number of aryl methyl sites for hydroxylation is 2. The largest absolute Gasteiger partial charge is 0.466 e. The number of hydrogen-bond donors (Lipinski definition) is 0. The van der Waals surface area contributed by atoms with Gasteiger partial charge in [0.05, 0.1) is 11.9 Å². The molecule has 0 aliphatic carbocycles. The third-order valence-corrected chi connectivity index (χ3v) is 4.42. The Labute approximate surface area is 134 Å². The average Bonchev–Trinajstić information content (AvgIpc) is 2.88. The molecule has 1 amide bonds. The summed E-state index contributed by atoms with van der Waals surface area (Å²) in [6.07, 6.45) is 4.87. The second-order valence-electron chi connectivity index (χ2n) is 6.13. The summed E-state index contributed by atoms with van der Waals surface area (Å²) in [7, 11) is 0. The molecule has 0 radical (unpaired) electrons. The summed E-state index contributed by atoms with van der Waals surface area (Å²) in [4.78, 5) is 30.2. The van der Waals surface area contributed by atoms with Crippen LogP contribution in [0.1, 0.15) is 34.7 Å². The van der Waals surface area contributed by atoms with Gasteiger partial charge in [0.1, 0.15) is 11.5 Å². The first-order chi connectivity index (χ1) is 11.0. The number of piperidine rings is 1. The fraction of sp³-hybridized carbons (Fsp3) is 0.471. The summed E-state index contributed by atoms with van der Waals surface area (Å²) in [6.45, 7) is 5.76. The van der Waals surface area contributed by atoms with E-state index >= 15 is 0 Å². The van der Waals surface area contributed by atoms with E-state index in [-0.39, 0.29) is 11.5 Å². The number of furan rings is 1. The number of rotatable bonds is 3. The van der Waals surface area contributed by atoms with Gasteiger partial charge in [-0.2, -0.15) is 0 Å². The van der Waals surface area contributed by atoms with Crippen LogP contribution in [0.4, 0.5) is 0 Å². The van der Waals surface area contributed by atoms with E-state index in [1.165, 1.54) is 12.3 Å². The van der Waals surface area contributed by atoms with Gasteiger partial charge in [-0.05, 0) is 38.7 Å². The standard InChI is InChI=1S/C17H21N3O3/c1-12-9-15(13(2)23-12)17(22)19-7-4-14(5-8-19)10-20-11-18-6-3-16(20)21/h3,6,9,11,14H,4-5,7-8,10H2,1-2H3. The van der Waals surface area contributed by atoms with Crippen LogP contribution < -0.4 is 5.56 Å². The number of hydrogen-bond acceptors (Lipinski definition) is 4. The highest BCUT2D eigenvalue weighted by atomic mass is 16.3. The lowest BCUT2D eigenvalue weighted by atomic mass is 9.96. The molecule has 3 rings (SSSR count). The zero-order chi connectivity index (χ0) is 16.4. The first kappa shape index (κ1) is 15.5. The Kier molecular flexibility index (Phi) is 4.32. The normalized spacial score (nSPS) is 15.8. The maximum Gasteiger partial charge on any atom is 0.257 e. The van der Waals surface area contributed by atoms with Crippen molar-refractivity contribution in [3.63, 3.8) is 0 Å². The molecule has 3 heterocycles. The minimum atomic E-state index is -0.0250. The molecule has 6 heteroatoms. The second kappa shape index (κ2) is 6.40. The van der Waals surface area contributed by atoms with Crippen molar-refractivity contribution >= 4 is 5.91 Å². The van der Waals surface area contributed by atoms with E-state index < -0.39 is 0 Å². The van der Waals surface area contributed by atoms with Crippen molar-refractivity contribution in [1.82, 2.24) is 14.5 Å².